The van der Waals surface area contributed by atoms with E-state index in [1.807, 2.05) is 6.92 Å². The normalized spacial score (nSPS) is 19.4. The molecule has 0 aromatic heterocycles. The lowest BCUT2D eigenvalue weighted by atomic mass is 10.2. The summed E-state index contributed by atoms with van der Waals surface area (Å²) in [6.45, 7) is 10.00. The van der Waals surface area contributed by atoms with Gasteiger partial charge in [0, 0.05) is 39.9 Å². The van der Waals surface area contributed by atoms with Gasteiger partial charge in [0.2, 0.25) is 0 Å². The number of nitrogens with zero attached hydrogens (tertiary/aromatic N) is 2. The van der Waals surface area contributed by atoms with E-state index < -0.39 is 14.6 Å². The number of unbranched alkanes of at least 4 members (excludes halogenated alkanes) is 1. The van der Waals surface area contributed by atoms with Crippen LogP contribution < -0.4 is 5.32 Å². The van der Waals surface area contributed by atoms with Crippen LogP contribution in [0.2, 0.25) is 0 Å². The SMILES string of the molecule is CCNC(=NCCCCOCCOC)N1CCS(=O)(=O)C(C)(C)C1.I. The van der Waals surface area contributed by atoms with Crippen molar-refractivity contribution in [3.05, 3.63) is 0 Å². The van der Waals surface area contributed by atoms with Crippen LogP contribution in [0, 0.1) is 0 Å². The second-order valence-electron chi connectivity index (χ2n) is 6.55. The predicted molar refractivity (Wildman–Crippen MR) is 113 cm³/mol. The van der Waals surface area contributed by atoms with E-state index in [4.69, 9.17) is 9.47 Å². The smallest absolute Gasteiger partial charge is 0.193 e. The molecule has 0 aromatic rings. The van der Waals surface area contributed by atoms with Crippen LogP contribution in [0.1, 0.15) is 33.6 Å². The van der Waals surface area contributed by atoms with Gasteiger partial charge < -0.3 is 19.7 Å². The highest BCUT2D eigenvalue weighted by molar-refractivity contribution is 14.0. The zero-order valence-corrected chi connectivity index (χ0v) is 19.1. The summed E-state index contributed by atoms with van der Waals surface area (Å²) in [5.41, 5.74) is 0. The quantitative estimate of drug-likeness (QED) is 0.228. The number of methoxy groups -OCH3 is 1. The molecule has 25 heavy (non-hydrogen) atoms. The summed E-state index contributed by atoms with van der Waals surface area (Å²) in [7, 11) is -1.37. The van der Waals surface area contributed by atoms with E-state index in [9.17, 15) is 8.42 Å². The highest BCUT2D eigenvalue weighted by atomic mass is 127. The predicted octanol–water partition coefficient (Wildman–Crippen LogP) is 1.52. The summed E-state index contributed by atoms with van der Waals surface area (Å²) in [6.07, 6.45) is 1.89. The van der Waals surface area contributed by atoms with Crippen molar-refractivity contribution in [2.45, 2.75) is 38.4 Å². The molecule has 0 spiro atoms. The van der Waals surface area contributed by atoms with Crippen LogP contribution in [0.5, 0.6) is 0 Å². The monoisotopic (exact) mass is 491 g/mol. The Morgan fingerprint density at radius 1 is 1.24 bits per heavy atom. The maximum absolute atomic E-state index is 12.1. The average molecular weight is 491 g/mol. The Kier molecular flexibility index (Phi) is 12.2. The van der Waals surface area contributed by atoms with Crippen LogP contribution in [-0.2, 0) is 19.3 Å². The number of ether oxygens (including phenoxy) is 2. The molecular weight excluding hydrogens is 457 g/mol. The first-order valence-corrected chi connectivity index (χ1v) is 10.3. The zero-order chi connectivity index (χ0) is 18.1. The third-order valence-electron chi connectivity index (χ3n) is 4.07. The Hall–Kier alpha value is -0.130. The van der Waals surface area contributed by atoms with E-state index >= 15 is 0 Å². The summed E-state index contributed by atoms with van der Waals surface area (Å²) in [5, 5.41) is 3.27. The number of halogens is 1. The molecule has 1 heterocycles. The zero-order valence-electron chi connectivity index (χ0n) is 15.9. The molecule has 0 bridgehead atoms. The minimum absolute atomic E-state index is 0. The molecule has 0 aromatic carbocycles. The van der Waals surface area contributed by atoms with Crippen LogP contribution in [-0.4, -0.2) is 82.9 Å². The van der Waals surface area contributed by atoms with Crippen molar-refractivity contribution in [2.24, 2.45) is 4.99 Å². The molecule has 1 aliphatic heterocycles. The topological polar surface area (TPSA) is 80.2 Å². The van der Waals surface area contributed by atoms with Crippen molar-refractivity contribution in [3.8, 4) is 0 Å². The molecule has 0 amide bonds. The number of hydrogen-bond acceptors (Lipinski definition) is 5. The van der Waals surface area contributed by atoms with Crippen molar-refractivity contribution in [2.75, 3.05) is 58.9 Å². The van der Waals surface area contributed by atoms with Crippen molar-refractivity contribution in [1.82, 2.24) is 10.2 Å². The van der Waals surface area contributed by atoms with E-state index in [1.165, 1.54) is 0 Å². The first-order chi connectivity index (χ1) is 11.3. The second kappa shape index (κ2) is 12.3. The molecule has 150 valence electrons. The van der Waals surface area contributed by atoms with Crippen molar-refractivity contribution in [1.29, 1.82) is 0 Å². The first kappa shape index (κ1) is 24.9. The van der Waals surface area contributed by atoms with E-state index in [0.29, 0.717) is 39.5 Å². The lowest BCUT2D eigenvalue weighted by Crippen LogP contribution is -2.57. The van der Waals surface area contributed by atoms with E-state index in [2.05, 4.69) is 15.2 Å². The van der Waals surface area contributed by atoms with E-state index in [0.717, 1.165) is 25.3 Å². The maximum atomic E-state index is 12.1. The number of nitrogens with one attached hydrogen (secondary N) is 1. The Morgan fingerprint density at radius 3 is 2.56 bits per heavy atom. The summed E-state index contributed by atoms with van der Waals surface area (Å²) in [6, 6.07) is 0. The highest BCUT2D eigenvalue weighted by Crippen LogP contribution is 2.23. The third-order valence-corrected chi connectivity index (χ3v) is 6.60. The number of rotatable bonds is 9. The lowest BCUT2D eigenvalue weighted by Gasteiger charge is -2.39. The molecule has 0 atom stereocenters. The van der Waals surface area contributed by atoms with Crippen molar-refractivity contribution in [3.63, 3.8) is 0 Å². The van der Waals surface area contributed by atoms with Gasteiger partial charge in [0.05, 0.1) is 23.7 Å². The van der Waals surface area contributed by atoms with Gasteiger partial charge in [-0.15, -0.1) is 24.0 Å². The molecule has 0 saturated carbocycles. The number of sulfone groups is 1. The Balaban J connectivity index is 0.00000576. The van der Waals surface area contributed by atoms with Gasteiger partial charge >= 0.3 is 0 Å². The maximum Gasteiger partial charge on any atom is 0.193 e. The minimum atomic E-state index is -3.03. The molecule has 7 nitrogen and oxygen atoms in total. The molecule has 1 aliphatic rings. The molecule has 0 radical (unpaired) electrons. The molecule has 1 N–H and O–H groups in total. The molecule has 1 saturated heterocycles. The summed E-state index contributed by atoms with van der Waals surface area (Å²) >= 11 is 0. The van der Waals surface area contributed by atoms with Gasteiger partial charge in [-0.1, -0.05) is 0 Å². The summed E-state index contributed by atoms with van der Waals surface area (Å²) in [4.78, 5) is 6.70. The fourth-order valence-corrected chi connectivity index (χ4v) is 3.86. The van der Waals surface area contributed by atoms with Crippen LogP contribution in [0.25, 0.3) is 0 Å². The molecule has 9 heteroatoms. The van der Waals surface area contributed by atoms with Crippen molar-refractivity contribution >= 4 is 39.8 Å². The van der Waals surface area contributed by atoms with Crippen LogP contribution in [0.3, 0.4) is 0 Å². The molecule has 0 unspecified atom stereocenters. The van der Waals surface area contributed by atoms with Crippen LogP contribution >= 0.6 is 24.0 Å². The van der Waals surface area contributed by atoms with E-state index in [1.54, 1.807) is 21.0 Å². The van der Waals surface area contributed by atoms with Gasteiger partial charge in [-0.25, -0.2) is 8.42 Å². The number of guanidine groups is 1. The van der Waals surface area contributed by atoms with Crippen molar-refractivity contribution < 1.29 is 17.9 Å². The van der Waals surface area contributed by atoms with Gasteiger partial charge in [0.25, 0.3) is 0 Å². The number of aliphatic imine (C=N–C) groups is 1. The standard InChI is InChI=1S/C16H33N3O4S.HI/c1-5-17-15(18-8-6-7-10-23-12-11-22-4)19-9-13-24(20,21)16(2,3)14-19;/h5-14H2,1-4H3,(H,17,18);1H. The largest absolute Gasteiger partial charge is 0.382 e. The van der Waals surface area contributed by atoms with Gasteiger partial charge in [-0.3, -0.25) is 4.99 Å². The second-order valence-corrected chi connectivity index (χ2v) is 9.29. The van der Waals surface area contributed by atoms with Crippen LogP contribution in [0.4, 0.5) is 0 Å². The molecule has 0 aliphatic carbocycles. The minimum Gasteiger partial charge on any atom is -0.382 e. The first-order valence-electron chi connectivity index (χ1n) is 8.66. The fraction of sp³-hybridized carbons (Fsp3) is 0.938. The highest BCUT2D eigenvalue weighted by Gasteiger charge is 2.40. The lowest BCUT2D eigenvalue weighted by molar-refractivity contribution is 0.0690. The van der Waals surface area contributed by atoms with Gasteiger partial charge in [0.1, 0.15) is 0 Å². The average Bonchev–Trinajstić information content (AvgIpc) is 2.51. The Labute approximate surface area is 169 Å². The third kappa shape index (κ3) is 8.40. The summed E-state index contributed by atoms with van der Waals surface area (Å²) < 4.78 is 33.9. The molecule has 1 fully saturated rings. The van der Waals surface area contributed by atoms with Gasteiger partial charge in [-0.05, 0) is 33.6 Å². The van der Waals surface area contributed by atoms with Gasteiger partial charge in [0.15, 0.2) is 15.8 Å². The summed E-state index contributed by atoms with van der Waals surface area (Å²) in [5.74, 6) is 0.985. The van der Waals surface area contributed by atoms with Gasteiger partial charge in [-0.2, -0.15) is 0 Å². The van der Waals surface area contributed by atoms with E-state index in [-0.39, 0.29) is 29.7 Å². The molecule has 1 rings (SSSR count). The molecular formula is C16H34IN3O4S. The number of hydrogen-bond donors (Lipinski definition) is 1. The fourth-order valence-electron chi connectivity index (χ4n) is 2.50. The van der Waals surface area contributed by atoms with Crippen LogP contribution in [0.15, 0.2) is 4.99 Å². The Bertz CT molecular complexity index is 498. The Morgan fingerprint density at radius 2 is 1.96 bits per heavy atom.